The number of carboxylic acids is 1. The van der Waals surface area contributed by atoms with Crippen LogP contribution < -0.4 is 4.74 Å². The minimum Gasteiger partial charge on any atom is -0.482 e. The van der Waals surface area contributed by atoms with Gasteiger partial charge in [0.15, 0.2) is 6.61 Å². The highest BCUT2D eigenvalue weighted by Crippen LogP contribution is 2.21. The molecular weight excluding hydrogens is 252 g/mol. The molecule has 1 aromatic rings. The number of benzene rings is 1. The van der Waals surface area contributed by atoms with Crippen LogP contribution in [0, 0.1) is 10.8 Å². The van der Waals surface area contributed by atoms with Crippen LogP contribution in [0.1, 0.15) is 6.92 Å². The molecule has 96 valence electrons. The summed E-state index contributed by atoms with van der Waals surface area (Å²) in [5.74, 6) is -0.0617. The fourth-order valence-corrected chi connectivity index (χ4v) is 1.90. The Morgan fingerprint density at radius 1 is 1.33 bits per heavy atom. The Hall–Kier alpha value is -1.82. The lowest BCUT2D eigenvalue weighted by Crippen LogP contribution is -2.10. The third-order valence-electron chi connectivity index (χ3n) is 2.02. The van der Waals surface area contributed by atoms with Gasteiger partial charge >= 0.3 is 5.97 Å². The number of carbonyl (C=O) groups is 1. The van der Waals surface area contributed by atoms with E-state index in [1.165, 1.54) is 11.8 Å². The van der Waals surface area contributed by atoms with Crippen LogP contribution >= 0.6 is 11.8 Å². The number of carboxylic acid groups (broad SMARTS) is 1. The van der Waals surface area contributed by atoms with Gasteiger partial charge in [0.1, 0.15) is 5.75 Å². The molecular formula is C12H14N2O3S. The van der Waals surface area contributed by atoms with E-state index in [2.05, 4.69) is 0 Å². The lowest BCUT2D eigenvalue weighted by atomic mass is 10.3. The van der Waals surface area contributed by atoms with Gasteiger partial charge < -0.3 is 20.7 Å². The quantitative estimate of drug-likeness (QED) is 0.521. The predicted octanol–water partition coefficient (Wildman–Crippen LogP) is 2.30. The molecule has 0 aliphatic heterocycles. The molecule has 1 aromatic carbocycles. The summed E-state index contributed by atoms with van der Waals surface area (Å²) in [4.78, 5) is 11.3. The Morgan fingerprint density at radius 2 is 1.94 bits per heavy atom. The minimum absolute atomic E-state index is 0.268. The zero-order valence-corrected chi connectivity index (χ0v) is 10.7. The third-order valence-corrected chi connectivity index (χ3v) is 3.06. The van der Waals surface area contributed by atoms with Crippen molar-refractivity contribution in [2.24, 2.45) is 0 Å². The summed E-state index contributed by atoms with van der Waals surface area (Å²) < 4.78 is 5.00. The van der Waals surface area contributed by atoms with Crippen molar-refractivity contribution >= 4 is 29.2 Å². The van der Waals surface area contributed by atoms with E-state index >= 15 is 0 Å². The summed E-state index contributed by atoms with van der Waals surface area (Å²) in [5.41, 5.74) is 0.565. The Labute approximate surface area is 109 Å². The normalized spacial score (nSPS) is 9.83. The molecule has 0 unspecified atom stereocenters. The Morgan fingerprint density at radius 3 is 2.44 bits per heavy atom. The maximum absolute atomic E-state index is 10.3. The molecule has 0 heterocycles. The summed E-state index contributed by atoms with van der Waals surface area (Å²) in [5, 5.41) is 23.2. The van der Waals surface area contributed by atoms with Crippen LogP contribution in [0.4, 0.5) is 0 Å². The van der Waals surface area contributed by atoms with Crippen LogP contribution in [-0.4, -0.2) is 34.9 Å². The zero-order valence-electron chi connectivity index (χ0n) is 9.90. The molecule has 0 saturated carbocycles. The van der Waals surface area contributed by atoms with Gasteiger partial charge in [-0.1, -0.05) is 0 Å². The average molecular weight is 266 g/mol. The molecule has 0 aliphatic carbocycles. The first-order chi connectivity index (χ1) is 8.49. The second kappa shape index (κ2) is 6.80. The van der Waals surface area contributed by atoms with Crippen LogP contribution in [0.25, 0.3) is 0 Å². The molecule has 0 atom stereocenters. The van der Waals surface area contributed by atoms with Gasteiger partial charge in [-0.25, -0.2) is 4.79 Å². The van der Waals surface area contributed by atoms with Crippen molar-refractivity contribution in [3.05, 3.63) is 24.3 Å². The number of ether oxygens (including phenoxy) is 1. The van der Waals surface area contributed by atoms with Crippen molar-refractivity contribution in [1.82, 2.24) is 0 Å². The van der Waals surface area contributed by atoms with Gasteiger partial charge in [0.2, 0.25) is 0 Å². The zero-order chi connectivity index (χ0) is 13.5. The van der Waals surface area contributed by atoms with E-state index in [9.17, 15) is 4.79 Å². The minimum atomic E-state index is -1.01. The highest BCUT2D eigenvalue weighted by atomic mass is 32.2. The second-order valence-electron chi connectivity index (χ2n) is 3.55. The molecule has 0 radical (unpaired) electrons. The highest BCUT2D eigenvalue weighted by Gasteiger charge is 2.02. The molecule has 6 heteroatoms. The molecule has 0 aromatic heterocycles. The number of aliphatic carboxylic acids is 1. The third kappa shape index (κ3) is 5.01. The summed E-state index contributed by atoms with van der Waals surface area (Å²) >= 11 is 1.45. The van der Waals surface area contributed by atoms with Gasteiger partial charge in [-0.05, 0) is 31.2 Å². The first kappa shape index (κ1) is 14.2. The largest absolute Gasteiger partial charge is 0.482 e. The smallest absolute Gasteiger partial charge is 0.341 e. The summed E-state index contributed by atoms with van der Waals surface area (Å²) in [6.07, 6.45) is 0. The van der Waals surface area contributed by atoms with Gasteiger partial charge in [0.05, 0.1) is 5.71 Å². The van der Waals surface area contributed by atoms with Crippen molar-refractivity contribution in [3.63, 3.8) is 0 Å². The van der Waals surface area contributed by atoms with E-state index in [-0.39, 0.29) is 12.3 Å². The van der Waals surface area contributed by atoms with Gasteiger partial charge in [-0.2, -0.15) is 0 Å². The second-order valence-corrected chi connectivity index (χ2v) is 4.59. The Bertz CT molecular complexity index is 457. The van der Waals surface area contributed by atoms with E-state index in [0.717, 1.165) is 4.90 Å². The fraction of sp³-hybridized carbons (Fsp3) is 0.250. The van der Waals surface area contributed by atoms with Crippen molar-refractivity contribution in [2.75, 3.05) is 12.4 Å². The van der Waals surface area contributed by atoms with Gasteiger partial charge in [-0.3, -0.25) is 0 Å². The Kier molecular flexibility index (Phi) is 5.38. The van der Waals surface area contributed by atoms with Gasteiger partial charge in [0.25, 0.3) is 0 Å². The van der Waals surface area contributed by atoms with Crippen molar-refractivity contribution < 1.29 is 14.6 Å². The standard InChI is InChI=1S/C12H14N2O3S/c1-8(13)11(14)7-18-10-4-2-9(3-5-10)17-6-12(15)16/h2-5,13-14H,6-7H2,1H3,(H,15,16). The predicted molar refractivity (Wildman–Crippen MR) is 71.4 cm³/mol. The SMILES string of the molecule is CC(=N)C(=N)CSc1ccc(OCC(=O)O)cc1. The van der Waals surface area contributed by atoms with Crippen LogP contribution in [0.2, 0.25) is 0 Å². The molecule has 0 fully saturated rings. The van der Waals surface area contributed by atoms with E-state index in [4.69, 9.17) is 20.7 Å². The van der Waals surface area contributed by atoms with Gasteiger partial charge in [0, 0.05) is 16.4 Å². The number of thioether (sulfide) groups is 1. The molecule has 0 bridgehead atoms. The molecule has 0 spiro atoms. The summed E-state index contributed by atoms with van der Waals surface area (Å²) in [6.45, 7) is 1.23. The summed E-state index contributed by atoms with van der Waals surface area (Å²) in [6, 6.07) is 6.97. The molecule has 18 heavy (non-hydrogen) atoms. The van der Waals surface area contributed by atoms with E-state index in [1.54, 1.807) is 31.2 Å². The van der Waals surface area contributed by atoms with Crippen molar-refractivity contribution in [2.45, 2.75) is 11.8 Å². The number of rotatable bonds is 7. The lowest BCUT2D eigenvalue weighted by Gasteiger charge is -2.05. The lowest BCUT2D eigenvalue weighted by molar-refractivity contribution is -0.139. The molecule has 5 nitrogen and oxygen atoms in total. The Balaban J connectivity index is 2.47. The van der Waals surface area contributed by atoms with E-state index in [1.807, 2.05) is 0 Å². The number of nitrogens with one attached hydrogen (secondary N) is 2. The topological polar surface area (TPSA) is 94.2 Å². The van der Waals surface area contributed by atoms with Gasteiger partial charge in [-0.15, -0.1) is 11.8 Å². The number of hydrogen-bond donors (Lipinski definition) is 3. The molecule has 0 saturated heterocycles. The first-order valence-corrected chi connectivity index (χ1v) is 6.18. The molecule has 0 amide bonds. The van der Waals surface area contributed by atoms with Crippen LogP contribution in [0.15, 0.2) is 29.2 Å². The van der Waals surface area contributed by atoms with Crippen molar-refractivity contribution in [1.29, 1.82) is 10.8 Å². The fourth-order valence-electron chi connectivity index (χ4n) is 1.04. The maximum atomic E-state index is 10.3. The molecule has 3 N–H and O–H groups in total. The summed E-state index contributed by atoms with van der Waals surface area (Å²) in [7, 11) is 0. The van der Waals surface area contributed by atoms with E-state index < -0.39 is 5.97 Å². The van der Waals surface area contributed by atoms with E-state index in [0.29, 0.717) is 17.2 Å². The molecule has 0 aliphatic rings. The van der Waals surface area contributed by atoms with Crippen LogP contribution in [0.3, 0.4) is 0 Å². The van der Waals surface area contributed by atoms with Crippen LogP contribution in [-0.2, 0) is 4.79 Å². The average Bonchev–Trinajstić information content (AvgIpc) is 2.34. The number of hydrogen-bond acceptors (Lipinski definition) is 5. The first-order valence-electron chi connectivity index (χ1n) is 5.19. The van der Waals surface area contributed by atoms with Crippen LogP contribution in [0.5, 0.6) is 5.75 Å². The monoisotopic (exact) mass is 266 g/mol. The van der Waals surface area contributed by atoms with Crippen molar-refractivity contribution in [3.8, 4) is 5.75 Å². The molecule has 1 rings (SSSR count). The maximum Gasteiger partial charge on any atom is 0.341 e. The highest BCUT2D eigenvalue weighted by molar-refractivity contribution is 8.00.